The average Bonchev–Trinajstić information content (AvgIpc) is 2.48. The minimum atomic E-state index is -0.919. The van der Waals surface area contributed by atoms with Crippen molar-refractivity contribution in [3.63, 3.8) is 0 Å². The monoisotopic (exact) mass is 376 g/mol. The van der Waals surface area contributed by atoms with Crippen molar-refractivity contribution < 1.29 is 36.9 Å². The quantitative estimate of drug-likeness (QED) is 0.201. The summed E-state index contributed by atoms with van der Waals surface area (Å²) in [6, 6.07) is -1.40. The molecule has 0 fully saturated rings. The molecule has 0 rings (SSSR count). The zero-order chi connectivity index (χ0) is 17.4. The normalized spacial score (nSPS) is 12.3. The average molecular weight is 376 g/mol. The van der Waals surface area contributed by atoms with Crippen molar-refractivity contribution in [2.75, 3.05) is 13.1 Å². The van der Waals surface area contributed by atoms with Crippen molar-refractivity contribution in [1.82, 2.24) is 0 Å². The number of carboxylic acid groups (broad SMARTS) is 2. The van der Waals surface area contributed by atoms with Gasteiger partial charge in [0, 0.05) is 17.1 Å². The maximum Gasteiger partial charge on any atom is 0.320 e. The number of rotatable bonds is 12. The fraction of sp³-hybridized carbons (Fsp3) is 0.857. The van der Waals surface area contributed by atoms with Gasteiger partial charge in [0.1, 0.15) is 12.1 Å². The third-order valence-corrected chi connectivity index (χ3v) is 3.07. The molecule has 0 aromatic heterocycles. The number of nitrogens with two attached hydrogens (primary N) is 4. The molecule has 9 heteroatoms. The Balaban J connectivity index is -0.000000333. The molecule has 0 bridgehead atoms. The first-order chi connectivity index (χ1) is 10.4. The van der Waals surface area contributed by atoms with Crippen molar-refractivity contribution in [2.45, 2.75) is 63.5 Å². The fourth-order valence-corrected chi connectivity index (χ4v) is 1.62. The molecule has 140 valence electrons. The zero-order valence-corrected chi connectivity index (χ0v) is 14.7. The van der Waals surface area contributed by atoms with E-state index in [1.807, 2.05) is 0 Å². The molecular weight excluding hydrogens is 344 g/mol. The van der Waals surface area contributed by atoms with Gasteiger partial charge in [-0.05, 0) is 38.8 Å². The summed E-state index contributed by atoms with van der Waals surface area (Å²) >= 11 is 0. The van der Waals surface area contributed by atoms with E-state index in [1.165, 1.54) is 0 Å². The van der Waals surface area contributed by atoms with Crippen molar-refractivity contribution in [1.29, 1.82) is 0 Å². The van der Waals surface area contributed by atoms with E-state index in [0.29, 0.717) is 25.9 Å². The second-order valence-electron chi connectivity index (χ2n) is 5.17. The first-order valence-electron chi connectivity index (χ1n) is 7.73. The number of carboxylic acids is 2. The molecule has 0 aliphatic carbocycles. The maximum absolute atomic E-state index is 10.2. The molecule has 0 radical (unpaired) electrons. The van der Waals surface area contributed by atoms with Crippen LogP contribution in [0.15, 0.2) is 0 Å². The zero-order valence-electron chi connectivity index (χ0n) is 13.6. The molecule has 2 unspecified atom stereocenters. The van der Waals surface area contributed by atoms with Crippen LogP contribution < -0.4 is 22.9 Å². The molecule has 0 aliphatic heterocycles. The van der Waals surface area contributed by atoms with Crippen molar-refractivity contribution in [2.24, 2.45) is 22.9 Å². The molecule has 0 aliphatic rings. The van der Waals surface area contributed by atoms with Crippen molar-refractivity contribution >= 4 is 11.9 Å². The molecule has 0 aromatic rings. The van der Waals surface area contributed by atoms with E-state index in [-0.39, 0.29) is 17.1 Å². The Bertz CT molecular complexity index is 268. The van der Waals surface area contributed by atoms with Crippen LogP contribution in [-0.4, -0.2) is 47.3 Å². The van der Waals surface area contributed by atoms with Gasteiger partial charge in [-0.3, -0.25) is 9.59 Å². The van der Waals surface area contributed by atoms with Gasteiger partial charge in [0.2, 0.25) is 0 Å². The number of hydrogen-bond acceptors (Lipinski definition) is 6. The number of aliphatic carboxylic acids is 2. The Labute approximate surface area is 148 Å². The number of unbranched alkanes of at least 4 members (excludes halogenated alkanes) is 4. The molecule has 0 aromatic carbocycles. The SMILES string of the molecule is NCCCCCC(N)C(=O)O.NCCCCCC(N)C(=O)O.[Fe]. The summed E-state index contributed by atoms with van der Waals surface area (Å²) in [5.41, 5.74) is 21.1. The molecule has 0 heterocycles. The summed E-state index contributed by atoms with van der Waals surface area (Å²) in [6.45, 7) is 1.34. The standard InChI is InChI=1S/2C7H16N2O2.Fe/c2*8-5-3-1-2-4-6(9)7(10)11;/h2*6H,1-5,8-9H2,(H,10,11);. The summed E-state index contributed by atoms with van der Waals surface area (Å²) in [5.74, 6) is -1.84. The maximum atomic E-state index is 10.2. The van der Waals surface area contributed by atoms with Gasteiger partial charge in [0.25, 0.3) is 0 Å². The van der Waals surface area contributed by atoms with E-state index in [9.17, 15) is 9.59 Å². The topological polar surface area (TPSA) is 179 Å². The Morgan fingerprint density at radius 2 is 1.00 bits per heavy atom. The summed E-state index contributed by atoms with van der Waals surface area (Å²) in [4.78, 5) is 20.4. The van der Waals surface area contributed by atoms with Crippen LogP contribution in [-0.2, 0) is 26.7 Å². The minimum Gasteiger partial charge on any atom is -0.480 e. The summed E-state index contributed by atoms with van der Waals surface area (Å²) in [6.07, 6.45) is 6.65. The van der Waals surface area contributed by atoms with Gasteiger partial charge in [0.15, 0.2) is 0 Å². The summed E-state index contributed by atoms with van der Waals surface area (Å²) < 4.78 is 0. The van der Waals surface area contributed by atoms with Crippen LogP contribution in [0.4, 0.5) is 0 Å². The largest absolute Gasteiger partial charge is 0.480 e. The van der Waals surface area contributed by atoms with Crippen LogP contribution in [0.2, 0.25) is 0 Å². The second kappa shape index (κ2) is 19.3. The van der Waals surface area contributed by atoms with E-state index in [2.05, 4.69) is 0 Å². The predicted molar refractivity (Wildman–Crippen MR) is 86.3 cm³/mol. The third-order valence-electron chi connectivity index (χ3n) is 3.07. The van der Waals surface area contributed by atoms with Crippen LogP contribution in [0.3, 0.4) is 0 Å². The Hall–Kier alpha value is -0.701. The van der Waals surface area contributed by atoms with E-state index in [0.717, 1.165) is 38.5 Å². The molecule has 0 spiro atoms. The molecule has 8 nitrogen and oxygen atoms in total. The van der Waals surface area contributed by atoms with E-state index < -0.39 is 24.0 Å². The van der Waals surface area contributed by atoms with Crippen LogP contribution >= 0.6 is 0 Å². The van der Waals surface area contributed by atoms with Gasteiger partial charge in [-0.2, -0.15) is 0 Å². The fourth-order valence-electron chi connectivity index (χ4n) is 1.62. The van der Waals surface area contributed by atoms with Gasteiger partial charge < -0.3 is 33.1 Å². The Morgan fingerprint density at radius 1 is 0.696 bits per heavy atom. The van der Waals surface area contributed by atoms with E-state index in [4.69, 9.17) is 33.1 Å². The number of hydrogen-bond donors (Lipinski definition) is 6. The van der Waals surface area contributed by atoms with Crippen LogP contribution in [0.1, 0.15) is 51.4 Å². The molecule has 0 saturated carbocycles. The molecule has 0 saturated heterocycles. The van der Waals surface area contributed by atoms with Crippen LogP contribution in [0.25, 0.3) is 0 Å². The molecule has 2 atom stereocenters. The third kappa shape index (κ3) is 21.3. The van der Waals surface area contributed by atoms with Gasteiger partial charge in [-0.25, -0.2) is 0 Å². The summed E-state index contributed by atoms with van der Waals surface area (Å²) in [7, 11) is 0. The smallest absolute Gasteiger partial charge is 0.320 e. The molecular formula is C14H32FeN4O4. The van der Waals surface area contributed by atoms with Gasteiger partial charge in [0.05, 0.1) is 0 Å². The van der Waals surface area contributed by atoms with E-state index >= 15 is 0 Å². The van der Waals surface area contributed by atoms with E-state index in [1.54, 1.807) is 0 Å². The Kier molecular flexibility index (Phi) is 22.8. The van der Waals surface area contributed by atoms with Gasteiger partial charge in [-0.1, -0.05) is 25.7 Å². The number of carbonyl (C=O) groups is 2. The Morgan fingerprint density at radius 3 is 1.22 bits per heavy atom. The van der Waals surface area contributed by atoms with Crippen LogP contribution in [0, 0.1) is 0 Å². The molecule has 23 heavy (non-hydrogen) atoms. The minimum absolute atomic E-state index is 0. The van der Waals surface area contributed by atoms with Gasteiger partial charge >= 0.3 is 11.9 Å². The molecule has 0 amide bonds. The first-order valence-corrected chi connectivity index (χ1v) is 7.73. The summed E-state index contributed by atoms with van der Waals surface area (Å²) in [5, 5.41) is 16.8. The van der Waals surface area contributed by atoms with Gasteiger partial charge in [-0.15, -0.1) is 0 Å². The van der Waals surface area contributed by atoms with Crippen molar-refractivity contribution in [3.05, 3.63) is 0 Å². The van der Waals surface area contributed by atoms with Crippen LogP contribution in [0.5, 0.6) is 0 Å². The molecule has 10 N–H and O–H groups in total. The second-order valence-corrected chi connectivity index (χ2v) is 5.17. The predicted octanol–water partition coefficient (Wildman–Crippen LogP) is -0.168. The van der Waals surface area contributed by atoms with Crippen molar-refractivity contribution in [3.8, 4) is 0 Å². The first kappa shape index (κ1) is 27.2.